The van der Waals surface area contributed by atoms with Crippen molar-refractivity contribution in [3.05, 3.63) is 57.2 Å². The van der Waals surface area contributed by atoms with Crippen molar-refractivity contribution < 1.29 is 4.39 Å². The maximum atomic E-state index is 13.2. The molecule has 1 aliphatic carbocycles. The summed E-state index contributed by atoms with van der Waals surface area (Å²) >= 11 is 6.00. The van der Waals surface area contributed by atoms with Crippen LogP contribution in [0.5, 0.6) is 0 Å². The monoisotopic (exact) mass is 307 g/mol. The van der Waals surface area contributed by atoms with Crippen LogP contribution in [0.2, 0.25) is 5.02 Å². The molecule has 2 aromatic rings. The second-order valence-electron chi connectivity index (χ2n) is 5.25. The molecule has 0 aliphatic heterocycles. The van der Waals surface area contributed by atoms with Gasteiger partial charge in [0.1, 0.15) is 5.82 Å². The lowest BCUT2D eigenvalue weighted by Gasteiger charge is -2.27. The van der Waals surface area contributed by atoms with E-state index in [0.29, 0.717) is 16.6 Å². The van der Waals surface area contributed by atoms with Crippen molar-refractivity contribution in [2.24, 2.45) is 0 Å². The number of nitrogens with one attached hydrogen (secondary N) is 1. The lowest BCUT2D eigenvalue weighted by Crippen LogP contribution is -2.29. The van der Waals surface area contributed by atoms with E-state index in [-0.39, 0.29) is 17.9 Å². The van der Waals surface area contributed by atoms with Crippen LogP contribution in [-0.2, 0) is 6.54 Å². The second kappa shape index (κ2) is 5.85. The van der Waals surface area contributed by atoms with E-state index in [9.17, 15) is 9.18 Å². The summed E-state index contributed by atoms with van der Waals surface area (Å²) in [7, 11) is 0. The fraction of sp³-hybridized carbons (Fsp3) is 0.333. The van der Waals surface area contributed by atoms with Crippen LogP contribution in [0.3, 0.4) is 0 Å². The number of hydrogen-bond donors (Lipinski definition) is 1. The van der Waals surface area contributed by atoms with Gasteiger partial charge in [0.15, 0.2) is 0 Å². The molecular weight excluding hydrogens is 293 g/mol. The minimum absolute atomic E-state index is 0.152. The Hall–Kier alpha value is -1.88. The molecule has 0 radical (unpaired) electrons. The molecule has 110 valence electrons. The van der Waals surface area contributed by atoms with Gasteiger partial charge in [0.25, 0.3) is 5.56 Å². The fourth-order valence-corrected chi connectivity index (χ4v) is 2.42. The van der Waals surface area contributed by atoms with Crippen molar-refractivity contribution in [2.75, 3.05) is 5.32 Å². The van der Waals surface area contributed by atoms with E-state index in [4.69, 9.17) is 11.6 Å². The van der Waals surface area contributed by atoms with Crippen LogP contribution in [0.15, 0.2) is 35.3 Å². The zero-order valence-electron chi connectivity index (χ0n) is 11.4. The van der Waals surface area contributed by atoms with Gasteiger partial charge in [-0.05, 0) is 43.0 Å². The van der Waals surface area contributed by atoms with Gasteiger partial charge in [-0.2, -0.15) is 5.10 Å². The highest BCUT2D eigenvalue weighted by atomic mass is 35.5. The zero-order valence-corrected chi connectivity index (χ0v) is 12.1. The summed E-state index contributed by atoms with van der Waals surface area (Å²) in [6.07, 6.45) is 5.09. The van der Waals surface area contributed by atoms with E-state index < -0.39 is 0 Å². The Balaban J connectivity index is 1.79. The first-order valence-electron chi connectivity index (χ1n) is 6.89. The number of benzene rings is 1. The van der Waals surface area contributed by atoms with Crippen LogP contribution in [0.1, 0.15) is 24.8 Å². The third kappa shape index (κ3) is 3.24. The van der Waals surface area contributed by atoms with Gasteiger partial charge in [-0.25, -0.2) is 9.07 Å². The molecule has 1 aromatic carbocycles. The highest BCUT2D eigenvalue weighted by Gasteiger charge is 2.17. The summed E-state index contributed by atoms with van der Waals surface area (Å²) in [5.41, 5.74) is 1.02. The number of aromatic nitrogens is 2. The van der Waals surface area contributed by atoms with Crippen LogP contribution < -0.4 is 10.9 Å². The molecule has 1 fully saturated rings. The molecule has 0 atom stereocenters. The van der Waals surface area contributed by atoms with Crippen molar-refractivity contribution in [2.45, 2.75) is 31.8 Å². The molecule has 0 bridgehead atoms. The predicted octanol–water partition coefficient (Wildman–Crippen LogP) is 3.05. The summed E-state index contributed by atoms with van der Waals surface area (Å²) in [5, 5.41) is 7.80. The molecular formula is C15H15ClFN3O. The van der Waals surface area contributed by atoms with Crippen molar-refractivity contribution in [3.63, 3.8) is 0 Å². The highest BCUT2D eigenvalue weighted by Crippen LogP contribution is 2.22. The zero-order chi connectivity index (χ0) is 14.8. The van der Waals surface area contributed by atoms with E-state index >= 15 is 0 Å². The molecule has 4 nitrogen and oxygen atoms in total. The van der Waals surface area contributed by atoms with Crippen LogP contribution in [0, 0.1) is 5.82 Å². The minimum Gasteiger partial charge on any atom is -0.381 e. The van der Waals surface area contributed by atoms with Crippen LogP contribution in [0.25, 0.3) is 0 Å². The Bertz CT molecular complexity index is 712. The standard InChI is InChI=1S/C15H15ClFN3O/c16-14-5-4-11(17)6-10(14)9-20-15(21)7-13(8-18-20)19-12-2-1-3-12/h4-8,12,19H,1-3,9H2. The smallest absolute Gasteiger partial charge is 0.269 e. The molecule has 21 heavy (non-hydrogen) atoms. The largest absolute Gasteiger partial charge is 0.381 e. The average molecular weight is 308 g/mol. The molecule has 1 aliphatic rings. The summed E-state index contributed by atoms with van der Waals surface area (Å²) < 4.78 is 14.5. The SMILES string of the molecule is O=c1cc(NC2CCC2)cnn1Cc1cc(F)ccc1Cl. The lowest BCUT2D eigenvalue weighted by atomic mass is 9.93. The molecule has 0 amide bonds. The Morgan fingerprint density at radius 3 is 2.86 bits per heavy atom. The molecule has 0 unspecified atom stereocenters. The first kappa shape index (κ1) is 14.1. The molecule has 1 N–H and O–H groups in total. The second-order valence-corrected chi connectivity index (χ2v) is 5.66. The highest BCUT2D eigenvalue weighted by molar-refractivity contribution is 6.31. The lowest BCUT2D eigenvalue weighted by molar-refractivity contribution is 0.445. The van der Waals surface area contributed by atoms with E-state index in [1.165, 1.54) is 35.4 Å². The molecule has 1 heterocycles. The Morgan fingerprint density at radius 2 is 2.19 bits per heavy atom. The van der Waals surface area contributed by atoms with Crippen LogP contribution in [-0.4, -0.2) is 15.8 Å². The fourth-order valence-electron chi connectivity index (χ4n) is 2.25. The number of rotatable bonds is 4. The van der Waals surface area contributed by atoms with Crippen molar-refractivity contribution in [3.8, 4) is 0 Å². The number of nitrogens with zero attached hydrogens (tertiary/aromatic N) is 2. The van der Waals surface area contributed by atoms with Crippen molar-refractivity contribution in [1.29, 1.82) is 0 Å². The van der Waals surface area contributed by atoms with Gasteiger partial charge in [0.2, 0.25) is 0 Å². The number of anilines is 1. The maximum absolute atomic E-state index is 13.2. The van der Waals surface area contributed by atoms with Gasteiger partial charge in [-0.3, -0.25) is 4.79 Å². The van der Waals surface area contributed by atoms with E-state index in [2.05, 4.69) is 10.4 Å². The predicted molar refractivity (Wildman–Crippen MR) is 80.3 cm³/mol. The topological polar surface area (TPSA) is 46.9 Å². The van der Waals surface area contributed by atoms with Crippen LogP contribution >= 0.6 is 11.6 Å². The van der Waals surface area contributed by atoms with Crippen molar-refractivity contribution >= 4 is 17.3 Å². The number of hydrogen-bond acceptors (Lipinski definition) is 3. The summed E-state index contributed by atoms with van der Waals surface area (Å²) in [4.78, 5) is 12.1. The Kier molecular flexibility index (Phi) is 3.92. The quantitative estimate of drug-likeness (QED) is 0.944. The third-order valence-electron chi connectivity index (χ3n) is 3.67. The summed E-state index contributed by atoms with van der Waals surface area (Å²) in [6, 6.07) is 6.03. The maximum Gasteiger partial charge on any atom is 0.269 e. The normalized spacial score (nSPS) is 14.8. The third-order valence-corrected chi connectivity index (χ3v) is 4.04. The summed E-state index contributed by atoms with van der Waals surface area (Å²) in [5.74, 6) is -0.384. The molecule has 0 saturated heterocycles. The Morgan fingerprint density at radius 1 is 1.38 bits per heavy atom. The van der Waals surface area contributed by atoms with Gasteiger partial charge in [-0.15, -0.1) is 0 Å². The van der Waals surface area contributed by atoms with Gasteiger partial charge in [0.05, 0.1) is 18.4 Å². The average Bonchev–Trinajstić information content (AvgIpc) is 2.41. The van der Waals surface area contributed by atoms with E-state index in [1.807, 2.05) is 0 Å². The molecule has 6 heteroatoms. The Labute approximate surface area is 126 Å². The molecule has 1 aromatic heterocycles. The van der Waals surface area contributed by atoms with E-state index in [0.717, 1.165) is 18.5 Å². The number of halogens is 2. The first-order valence-corrected chi connectivity index (χ1v) is 7.27. The van der Waals surface area contributed by atoms with Gasteiger partial charge < -0.3 is 5.32 Å². The molecule has 0 spiro atoms. The van der Waals surface area contributed by atoms with Crippen LogP contribution in [0.4, 0.5) is 10.1 Å². The van der Waals surface area contributed by atoms with Gasteiger partial charge in [-0.1, -0.05) is 11.6 Å². The molecule has 3 rings (SSSR count). The van der Waals surface area contributed by atoms with Crippen molar-refractivity contribution in [1.82, 2.24) is 9.78 Å². The van der Waals surface area contributed by atoms with E-state index in [1.54, 1.807) is 6.20 Å². The molecule has 1 saturated carbocycles. The van der Waals surface area contributed by atoms with Gasteiger partial charge >= 0.3 is 0 Å². The minimum atomic E-state index is -0.384. The van der Waals surface area contributed by atoms with Gasteiger partial charge in [0, 0.05) is 17.1 Å². The summed E-state index contributed by atoms with van der Waals surface area (Å²) in [6.45, 7) is 0.152. The first-order chi connectivity index (χ1) is 10.1.